The van der Waals surface area contributed by atoms with Gasteiger partial charge in [-0.2, -0.15) is 0 Å². The maximum Gasteiger partial charge on any atom is 0.123 e. The topological polar surface area (TPSA) is 41.5 Å². The van der Waals surface area contributed by atoms with Gasteiger partial charge in [0.2, 0.25) is 0 Å². The van der Waals surface area contributed by atoms with Gasteiger partial charge in [-0.25, -0.2) is 0 Å². The second-order valence-electron chi connectivity index (χ2n) is 5.72. The Morgan fingerprint density at radius 1 is 1.32 bits per heavy atom. The number of nitrogens with one attached hydrogen (secondary N) is 1. The summed E-state index contributed by atoms with van der Waals surface area (Å²) in [5, 5.41) is 12.7. The Morgan fingerprint density at radius 2 is 2.00 bits per heavy atom. The maximum absolute atomic E-state index is 9.08. The molecule has 0 aliphatic carbocycles. The van der Waals surface area contributed by atoms with E-state index in [1.807, 2.05) is 18.2 Å². The van der Waals surface area contributed by atoms with Crippen molar-refractivity contribution >= 4 is 0 Å². The molecule has 0 aliphatic rings. The van der Waals surface area contributed by atoms with Gasteiger partial charge in [0.1, 0.15) is 5.75 Å². The van der Waals surface area contributed by atoms with Gasteiger partial charge in [-0.3, -0.25) is 0 Å². The summed E-state index contributed by atoms with van der Waals surface area (Å²) in [6, 6.07) is 8.43. The van der Waals surface area contributed by atoms with Gasteiger partial charge in [-0.15, -0.1) is 0 Å². The second kappa shape index (κ2) is 7.51. The minimum atomic E-state index is 0.101. The van der Waals surface area contributed by atoms with Gasteiger partial charge in [0, 0.05) is 24.8 Å². The van der Waals surface area contributed by atoms with Crippen LogP contribution in [0.3, 0.4) is 0 Å². The van der Waals surface area contributed by atoms with Crippen LogP contribution in [0.2, 0.25) is 0 Å². The van der Waals surface area contributed by atoms with Crippen molar-refractivity contribution in [3.63, 3.8) is 0 Å². The number of benzene rings is 1. The van der Waals surface area contributed by atoms with E-state index in [-0.39, 0.29) is 18.1 Å². The van der Waals surface area contributed by atoms with Gasteiger partial charge in [0.25, 0.3) is 0 Å². The fraction of sp³-hybridized carbons (Fsp3) is 0.625. The molecule has 0 bridgehead atoms. The molecular weight excluding hydrogens is 238 g/mol. The Morgan fingerprint density at radius 3 is 2.58 bits per heavy atom. The van der Waals surface area contributed by atoms with Crippen molar-refractivity contribution in [1.29, 1.82) is 0 Å². The van der Waals surface area contributed by atoms with Crippen molar-refractivity contribution in [2.45, 2.75) is 39.7 Å². The van der Waals surface area contributed by atoms with E-state index in [1.54, 1.807) is 7.11 Å². The zero-order chi connectivity index (χ0) is 14.3. The lowest BCUT2D eigenvalue weighted by atomic mass is 9.89. The van der Waals surface area contributed by atoms with Crippen molar-refractivity contribution in [1.82, 2.24) is 5.32 Å². The fourth-order valence-corrected chi connectivity index (χ4v) is 2.22. The van der Waals surface area contributed by atoms with Crippen molar-refractivity contribution < 1.29 is 9.84 Å². The molecule has 0 radical (unpaired) electrons. The minimum Gasteiger partial charge on any atom is -0.496 e. The van der Waals surface area contributed by atoms with E-state index in [9.17, 15) is 0 Å². The average molecular weight is 265 g/mol. The zero-order valence-electron chi connectivity index (χ0n) is 12.6. The van der Waals surface area contributed by atoms with E-state index >= 15 is 0 Å². The number of hydrogen-bond donors (Lipinski definition) is 2. The highest BCUT2D eigenvalue weighted by Gasteiger charge is 2.20. The SMILES string of the molecule is CCC(NCC(C)(C)CCO)c1ccccc1OC. The third-order valence-electron chi connectivity index (χ3n) is 3.54. The van der Waals surface area contributed by atoms with Gasteiger partial charge in [0.15, 0.2) is 0 Å². The predicted octanol–water partition coefficient (Wildman–Crippen LogP) is 3.14. The molecule has 1 rings (SSSR count). The maximum atomic E-state index is 9.08. The third kappa shape index (κ3) is 4.84. The third-order valence-corrected chi connectivity index (χ3v) is 3.54. The van der Waals surface area contributed by atoms with E-state index in [1.165, 1.54) is 5.56 Å². The first-order chi connectivity index (χ1) is 9.04. The van der Waals surface area contributed by atoms with Crippen LogP contribution in [0.25, 0.3) is 0 Å². The molecule has 0 fully saturated rings. The van der Waals surface area contributed by atoms with Gasteiger partial charge in [0.05, 0.1) is 7.11 Å². The van der Waals surface area contributed by atoms with Gasteiger partial charge >= 0.3 is 0 Å². The lowest BCUT2D eigenvalue weighted by Gasteiger charge is -2.28. The van der Waals surface area contributed by atoms with E-state index in [0.29, 0.717) is 0 Å². The monoisotopic (exact) mass is 265 g/mol. The molecule has 3 nitrogen and oxygen atoms in total. The summed E-state index contributed by atoms with van der Waals surface area (Å²) in [6.07, 6.45) is 1.82. The molecule has 0 saturated carbocycles. The lowest BCUT2D eigenvalue weighted by Crippen LogP contribution is -2.33. The van der Waals surface area contributed by atoms with Gasteiger partial charge in [-0.05, 0) is 24.3 Å². The molecule has 19 heavy (non-hydrogen) atoms. The van der Waals surface area contributed by atoms with Crippen LogP contribution in [-0.4, -0.2) is 25.4 Å². The molecule has 0 aromatic heterocycles. The molecule has 0 spiro atoms. The summed E-state index contributed by atoms with van der Waals surface area (Å²) in [4.78, 5) is 0. The minimum absolute atomic E-state index is 0.101. The van der Waals surface area contributed by atoms with Crippen molar-refractivity contribution in [3.05, 3.63) is 29.8 Å². The Labute approximate surface area is 117 Å². The summed E-state index contributed by atoms with van der Waals surface area (Å²) in [6.45, 7) is 7.63. The number of methoxy groups -OCH3 is 1. The molecule has 1 aromatic carbocycles. The molecule has 1 atom stereocenters. The molecule has 1 unspecified atom stereocenters. The van der Waals surface area contributed by atoms with Crippen LogP contribution in [0.1, 0.15) is 45.2 Å². The van der Waals surface area contributed by atoms with E-state index < -0.39 is 0 Å². The van der Waals surface area contributed by atoms with Gasteiger partial charge < -0.3 is 15.2 Å². The number of hydrogen-bond acceptors (Lipinski definition) is 3. The average Bonchev–Trinajstić information content (AvgIpc) is 2.39. The highest BCUT2D eigenvalue weighted by molar-refractivity contribution is 5.35. The molecule has 3 heteroatoms. The predicted molar refractivity (Wildman–Crippen MR) is 79.5 cm³/mol. The summed E-state index contributed by atoms with van der Waals surface area (Å²) in [7, 11) is 1.71. The van der Waals surface area contributed by atoms with E-state index in [0.717, 1.165) is 25.1 Å². The first-order valence-corrected chi connectivity index (χ1v) is 7.01. The molecule has 0 heterocycles. The molecule has 2 N–H and O–H groups in total. The van der Waals surface area contributed by atoms with Crippen LogP contribution in [0, 0.1) is 5.41 Å². The molecule has 0 amide bonds. The standard InChI is InChI=1S/C16H27NO2/c1-5-14(17-12-16(2,3)10-11-18)13-8-6-7-9-15(13)19-4/h6-9,14,17-18H,5,10-12H2,1-4H3. The number of aliphatic hydroxyl groups is 1. The lowest BCUT2D eigenvalue weighted by molar-refractivity contribution is 0.202. The van der Waals surface area contributed by atoms with Crippen molar-refractivity contribution in [3.8, 4) is 5.75 Å². The van der Waals surface area contributed by atoms with Crippen LogP contribution >= 0.6 is 0 Å². The van der Waals surface area contributed by atoms with Gasteiger partial charge in [-0.1, -0.05) is 39.0 Å². The number of rotatable bonds is 8. The first kappa shape index (κ1) is 16.0. The number of aliphatic hydroxyl groups excluding tert-OH is 1. The summed E-state index contributed by atoms with van der Waals surface area (Å²) in [5.74, 6) is 0.932. The van der Waals surface area contributed by atoms with E-state index in [4.69, 9.17) is 9.84 Å². The van der Waals surface area contributed by atoms with Crippen molar-refractivity contribution in [2.75, 3.05) is 20.3 Å². The second-order valence-corrected chi connectivity index (χ2v) is 5.72. The quantitative estimate of drug-likeness (QED) is 0.758. The normalized spacial score (nSPS) is 13.3. The van der Waals surface area contributed by atoms with Crippen LogP contribution in [0.5, 0.6) is 5.75 Å². The van der Waals surface area contributed by atoms with E-state index in [2.05, 4.69) is 32.2 Å². The van der Waals surface area contributed by atoms with Crippen LogP contribution < -0.4 is 10.1 Å². The fourth-order valence-electron chi connectivity index (χ4n) is 2.22. The number of para-hydroxylation sites is 1. The first-order valence-electron chi connectivity index (χ1n) is 7.01. The summed E-state index contributed by atoms with van der Waals surface area (Å²) < 4.78 is 5.43. The van der Waals surface area contributed by atoms with Crippen LogP contribution in [0.4, 0.5) is 0 Å². The number of ether oxygens (including phenoxy) is 1. The Bertz CT molecular complexity index is 377. The Hall–Kier alpha value is -1.06. The smallest absolute Gasteiger partial charge is 0.123 e. The highest BCUT2D eigenvalue weighted by atomic mass is 16.5. The summed E-state index contributed by atoms with van der Waals surface area (Å²) in [5.41, 5.74) is 1.30. The molecule has 108 valence electrons. The summed E-state index contributed by atoms with van der Waals surface area (Å²) >= 11 is 0. The molecule has 0 saturated heterocycles. The van der Waals surface area contributed by atoms with Crippen LogP contribution in [0.15, 0.2) is 24.3 Å². The largest absolute Gasteiger partial charge is 0.496 e. The highest BCUT2D eigenvalue weighted by Crippen LogP contribution is 2.28. The Balaban J connectivity index is 2.73. The van der Waals surface area contributed by atoms with Crippen molar-refractivity contribution in [2.24, 2.45) is 5.41 Å². The zero-order valence-corrected chi connectivity index (χ0v) is 12.6. The molecule has 0 aliphatic heterocycles. The Kier molecular flexibility index (Phi) is 6.32. The molecular formula is C16H27NO2. The van der Waals surface area contributed by atoms with Crippen LogP contribution in [-0.2, 0) is 0 Å². The molecule has 1 aromatic rings.